The maximum atomic E-state index is 12.5. The van der Waals surface area contributed by atoms with Gasteiger partial charge in [0.1, 0.15) is 6.54 Å². The lowest BCUT2D eigenvalue weighted by Crippen LogP contribution is -2.62. The number of piperazine rings is 1. The maximum Gasteiger partial charge on any atom is 0.278 e. The molecule has 0 bridgehead atoms. The summed E-state index contributed by atoms with van der Waals surface area (Å²) in [5, 5.41) is 5.06. The van der Waals surface area contributed by atoms with E-state index in [0.29, 0.717) is 13.1 Å². The Labute approximate surface area is 148 Å². The van der Waals surface area contributed by atoms with Crippen LogP contribution in [0.5, 0.6) is 0 Å². The number of hydrogen-bond acceptors (Lipinski definition) is 2. The third-order valence-corrected chi connectivity index (χ3v) is 5.41. The van der Waals surface area contributed by atoms with Crippen molar-refractivity contribution in [1.29, 1.82) is 0 Å². The molecular formula is C20H26N3O2+. The molecule has 25 heavy (non-hydrogen) atoms. The summed E-state index contributed by atoms with van der Waals surface area (Å²) in [6.07, 6.45) is 0. The fourth-order valence-electron chi connectivity index (χ4n) is 3.55. The minimum atomic E-state index is -0.141. The van der Waals surface area contributed by atoms with Crippen LogP contribution >= 0.6 is 0 Å². The molecule has 2 aromatic carbocycles. The highest BCUT2D eigenvalue weighted by Gasteiger charge is 2.35. The molecule has 132 valence electrons. The van der Waals surface area contributed by atoms with E-state index in [1.807, 2.05) is 42.5 Å². The first-order chi connectivity index (χ1) is 12.1. The first-order valence-electron chi connectivity index (χ1n) is 8.97. The molecule has 5 heteroatoms. The second-order valence-electron chi connectivity index (χ2n) is 6.75. The lowest BCUT2D eigenvalue weighted by molar-refractivity contribution is -0.920. The van der Waals surface area contributed by atoms with Gasteiger partial charge in [-0.1, -0.05) is 36.4 Å². The maximum absolute atomic E-state index is 12.5. The highest BCUT2D eigenvalue weighted by molar-refractivity contribution is 6.03. The van der Waals surface area contributed by atoms with Crippen molar-refractivity contribution in [2.24, 2.45) is 0 Å². The van der Waals surface area contributed by atoms with Gasteiger partial charge in [0.25, 0.3) is 5.91 Å². The number of fused-ring (bicyclic) bond motifs is 1. The zero-order chi connectivity index (χ0) is 17.9. The summed E-state index contributed by atoms with van der Waals surface area (Å²) in [4.78, 5) is 26.6. The fourth-order valence-corrected chi connectivity index (χ4v) is 3.55. The largest absolute Gasteiger partial charge is 0.324 e. The molecule has 3 rings (SSSR count). The van der Waals surface area contributed by atoms with E-state index in [9.17, 15) is 9.59 Å². The fraction of sp³-hybridized carbons (Fsp3) is 0.400. The molecule has 0 atom stereocenters. The van der Waals surface area contributed by atoms with Crippen LogP contribution in [0.25, 0.3) is 10.8 Å². The molecule has 1 aliphatic heterocycles. The van der Waals surface area contributed by atoms with Crippen LogP contribution in [-0.4, -0.2) is 60.5 Å². The zero-order valence-corrected chi connectivity index (χ0v) is 15.0. The molecule has 0 radical (unpaired) electrons. The van der Waals surface area contributed by atoms with E-state index in [2.05, 4.69) is 19.2 Å². The lowest BCUT2D eigenvalue weighted by Gasteiger charge is -2.42. The predicted molar refractivity (Wildman–Crippen MR) is 100 cm³/mol. The summed E-state index contributed by atoms with van der Waals surface area (Å²) in [6, 6.07) is 13.8. The summed E-state index contributed by atoms with van der Waals surface area (Å²) in [6.45, 7) is 8.34. The first-order valence-corrected chi connectivity index (χ1v) is 8.97. The van der Waals surface area contributed by atoms with Gasteiger partial charge in [-0.3, -0.25) is 9.59 Å². The number of anilines is 1. The minimum absolute atomic E-state index is 0.0722. The average molecular weight is 340 g/mol. The number of hydrogen-bond donors (Lipinski definition) is 1. The van der Waals surface area contributed by atoms with Crippen molar-refractivity contribution in [2.75, 3.05) is 44.6 Å². The molecule has 2 amide bonds. The second kappa shape index (κ2) is 7.23. The molecule has 1 saturated heterocycles. The van der Waals surface area contributed by atoms with Crippen molar-refractivity contribution in [3.63, 3.8) is 0 Å². The van der Waals surface area contributed by atoms with E-state index in [4.69, 9.17) is 0 Å². The highest BCUT2D eigenvalue weighted by atomic mass is 16.2. The van der Waals surface area contributed by atoms with E-state index in [-0.39, 0.29) is 18.4 Å². The third-order valence-electron chi connectivity index (χ3n) is 5.41. The Balaban J connectivity index is 1.66. The summed E-state index contributed by atoms with van der Waals surface area (Å²) < 4.78 is 0.820. The summed E-state index contributed by atoms with van der Waals surface area (Å²) >= 11 is 0. The molecule has 1 fully saturated rings. The molecule has 0 unspecified atom stereocenters. The Morgan fingerprint density at radius 1 is 1.12 bits per heavy atom. The van der Waals surface area contributed by atoms with Gasteiger partial charge >= 0.3 is 0 Å². The topological polar surface area (TPSA) is 49.4 Å². The van der Waals surface area contributed by atoms with Crippen LogP contribution in [0.4, 0.5) is 5.69 Å². The number of benzene rings is 2. The number of quaternary nitrogens is 1. The third kappa shape index (κ3) is 3.66. The number of nitrogens with zero attached hydrogens (tertiary/aromatic N) is 2. The number of likely N-dealkylation sites (N-methyl/N-ethyl adjacent to an activating group) is 1. The van der Waals surface area contributed by atoms with Gasteiger partial charge in [0.2, 0.25) is 5.91 Å². The van der Waals surface area contributed by atoms with Gasteiger partial charge in [0, 0.05) is 11.1 Å². The molecular weight excluding hydrogens is 314 g/mol. The van der Waals surface area contributed by atoms with Crippen molar-refractivity contribution in [2.45, 2.75) is 13.8 Å². The SMILES string of the molecule is CC[N+]1(CC)CCN(CC(=O)Nc2cccc3ccccc23)C(=O)C1. The molecule has 1 heterocycles. The van der Waals surface area contributed by atoms with Crippen LogP contribution in [0.3, 0.4) is 0 Å². The molecule has 2 aromatic rings. The van der Waals surface area contributed by atoms with Crippen molar-refractivity contribution in [3.8, 4) is 0 Å². The van der Waals surface area contributed by atoms with Crippen LogP contribution in [0.2, 0.25) is 0 Å². The second-order valence-corrected chi connectivity index (χ2v) is 6.75. The van der Waals surface area contributed by atoms with E-state index in [0.717, 1.165) is 40.6 Å². The van der Waals surface area contributed by atoms with Crippen molar-refractivity contribution in [1.82, 2.24) is 4.90 Å². The number of amides is 2. The standard InChI is InChI=1S/C20H25N3O2/c1-3-23(4-2)13-12-22(20(25)15-23)14-19(24)21-18-11-7-9-16-8-5-6-10-17(16)18/h5-11H,3-4,12-15H2,1-2H3/p+1. The number of carbonyl (C=O) groups excluding carboxylic acids is 2. The highest BCUT2D eigenvalue weighted by Crippen LogP contribution is 2.23. The van der Waals surface area contributed by atoms with E-state index < -0.39 is 0 Å². The molecule has 0 spiro atoms. The quantitative estimate of drug-likeness (QED) is 0.850. The van der Waals surface area contributed by atoms with Gasteiger partial charge in [0.15, 0.2) is 6.54 Å². The van der Waals surface area contributed by atoms with Crippen LogP contribution < -0.4 is 5.32 Å². The Bertz CT molecular complexity index is 778. The number of carbonyl (C=O) groups is 2. The van der Waals surface area contributed by atoms with Gasteiger partial charge < -0.3 is 14.7 Å². The number of nitrogens with one attached hydrogen (secondary N) is 1. The Hall–Kier alpha value is -2.40. The zero-order valence-electron chi connectivity index (χ0n) is 15.0. The van der Waals surface area contributed by atoms with Crippen LogP contribution in [0.15, 0.2) is 42.5 Å². The predicted octanol–water partition coefficient (Wildman–Crippen LogP) is 2.48. The van der Waals surface area contributed by atoms with Crippen molar-refractivity contribution in [3.05, 3.63) is 42.5 Å². The van der Waals surface area contributed by atoms with Crippen LogP contribution in [0.1, 0.15) is 13.8 Å². The molecule has 0 saturated carbocycles. The van der Waals surface area contributed by atoms with Crippen molar-refractivity contribution < 1.29 is 14.1 Å². The molecule has 1 aliphatic rings. The first kappa shape index (κ1) is 17.4. The van der Waals surface area contributed by atoms with E-state index in [1.165, 1.54) is 0 Å². The number of rotatable bonds is 5. The monoisotopic (exact) mass is 340 g/mol. The molecule has 1 N–H and O–H groups in total. The Morgan fingerprint density at radius 2 is 1.84 bits per heavy atom. The molecule has 0 aromatic heterocycles. The average Bonchev–Trinajstić information content (AvgIpc) is 2.64. The van der Waals surface area contributed by atoms with E-state index >= 15 is 0 Å². The molecule has 0 aliphatic carbocycles. The van der Waals surface area contributed by atoms with Gasteiger partial charge in [-0.2, -0.15) is 0 Å². The normalized spacial score (nSPS) is 16.9. The summed E-state index contributed by atoms with van der Waals surface area (Å²) in [5.74, 6) is -0.0688. The summed E-state index contributed by atoms with van der Waals surface area (Å²) in [5.41, 5.74) is 0.791. The van der Waals surface area contributed by atoms with E-state index in [1.54, 1.807) is 4.90 Å². The Morgan fingerprint density at radius 3 is 2.56 bits per heavy atom. The van der Waals surface area contributed by atoms with Crippen molar-refractivity contribution >= 4 is 28.3 Å². The lowest BCUT2D eigenvalue weighted by atomic mass is 10.1. The minimum Gasteiger partial charge on any atom is -0.324 e. The van der Waals surface area contributed by atoms with Gasteiger partial charge in [-0.05, 0) is 25.3 Å². The van der Waals surface area contributed by atoms with Gasteiger partial charge in [-0.25, -0.2) is 0 Å². The van der Waals surface area contributed by atoms with Crippen LogP contribution in [-0.2, 0) is 9.59 Å². The Kier molecular flexibility index (Phi) is 5.04. The molecule has 5 nitrogen and oxygen atoms in total. The van der Waals surface area contributed by atoms with Gasteiger partial charge in [0.05, 0.1) is 26.2 Å². The van der Waals surface area contributed by atoms with Crippen LogP contribution in [0, 0.1) is 0 Å². The summed E-state index contributed by atoms with van der Waals surface area (Å²) in [7, 11) is 0. The smallest absolute Gasteiger partial charge is 0.278 e. The van der Waals surface area contributed by atoms with Gasteiger partial charge in [-0.15, -0.1) is 0 Å².